The Labute approximate surface area is 346 Å². The zero-order valence-electron chi connectivity index (χ0n) is 33.0. The lowest BCUT2D eigenvalue weighted by molar-refractivity contribution is -0.400. The largest absolute Gasteiger partial charge is 0.394 e. The highest BCUT2D eigenvalue weighted by atomic mass is 16.8. The lowest BCUT2D eigenvalue weighted by Crippen LogP contribution is -2.71. The normalized spacial score (nSPS) is 49.6. The van der Waals surface area contributed by atoms with Crippen molar-refractivity contribution < 1.29 is 124 Å². The maximum Gasteiger partial charge on any atom is 0.217 e. The van der Waals surface area contributed by atoms with E-state index in [9.17, 15) is 81.1 Å². The monoisotopic (exact) mass is 894 g/mol. The highest BCUT2D eigenvalue weighted by Crippen LogP contribution is 2.36. The number of hydrogen-bond donors (Lipinski definition) is 16. The van der Waals surface area contributed by atoms with Crippen LogP contribution in [-0.4, -0.2) is 263 Å². The van der Waals surface area contributed by atoms with Crippen LogP contribution in [0.2, 0.25) is 0 Å². The van der Waals surface area contributed by atoms with Crippen molar-refractivity contribution in [2.24, 2.45) is 0 Å². The first-order valence-corrected chi connectivity index (χ1v) is 19.5. The van der Waals surface area contributed by atoms with Gasteiger partial charge in [-0.3, -0.25) is 9.59 Å². The van der Waals surface area contributed by atoms with Crippen molar-refractivity contribution in [1.29, 1.82) is 0 Å². The van der Waals surface area contributed by atoms with E-state index < -0.39 is 192 Å². The first-order chi connectivity index (χ1) is 28.8. The van der Waals surface area contributed by atoms with Crippen LogP contribution in [0.5, 0.6) is 0 Å². The maximum absolute atomic E-state index is 12.5. The van der Waals surface area contributed by atoms with E-state index in [4.69, 9.17) is 42.6 Å². The molecule has 5 aliphatic heterocycles. The summed E-state index contributed by atoms with van der Waals surface area (Å²) in [4.78, 5) is 24.5. The molecular formula is C34H58N2O25. The standard InChI is InChI=1S/C34H58N2O25/c1-8-17(43)21(47)23(49)32(53-8)61-29-25(51)27(58-33-24(50)22(48)18(44)11(4-37)55-33)14(7-40)57-34(29)59-26-13(6-39)56-31(15(20(26)46)35-9(2)41)60-28-16(36-10(3)42)30(52)54-12(5-38)19(28)45/h8,11-34,37-40,43-52H,4-7H2,1-3H3,(H,35,41)(H,36,42)/t8-,11+,12+,13+,14+,15+,16+,17+,18-,19-,20+,21+,22-,23-,24+,25-,26+,27-,28+,29+,30?,31-,32-,33+,34-/m0/s1. The van der Waals surface area contributed by atoms with Crippen molar-refractivity contribution in [3.8, 4) is 0 Å². The summed E-state index contributed by atoms with van der Waals surface area (Å²) < 4.78 is 51.7. The van der Waals surface area contributed by atoms with Gasteiger partial charge in [-0.1, -0.05) is 0 Å². The predicted molar refractivity (Wildman–Crippen MR) is 188 cm³/mol. The summed E-state index contributed by atoms with van der Waals surface area (Å²) in [6, 6.07) is -3.20. The Balaban J connectivity index is 1.46. The fourth-order valence-corrected chi connectivity index (χ4v) is 7.76. The molecule has 2 amide bonds. The highest BCUT2D eigenvalue weighted by Gasteiger charge is 2.57. The van der Waals surface area contributed by atoms with Crippen LogP contribution in [0.1, 0.15) is 20.8 Å². The summed E-state index contributed by atoms with van der Waals surface area (Å²) in [6.07, 6.45) is -41.4. The summed E-state index contributed by atoms with van der Waals surface area (Å²) in [6.45, 7) is -0.250. The molecule has 0 aromatic rings. The van der Waals surface area contributed by atoms with Gasteiger partial charge < -0.3 is 125 Å². The number of ether oxygens (including phenoxy) is 9. The molecule has 27 heteroatoms. The van der Waals surface area contributed by atoms with E-state index >= 15 is 0 Å². The number of carbonyl (C=O) groups is 2. The average Bonchev–Trinajstić information content (AvgIpc) is 3.22. The van der Waals surface area contributed by atoms with Crippen molar-refractivity contribution >= 4 is 11.8 Å². The lowest BCUT2D eigenvalue weighted by atomic mass is 9.93. The minimum Gasteiger partial charge on any atom is -0.394 e. The number of hydrogen-bond acceptors (Lipinski definition) is 25. The van der Waals surface area contributed by atoms with E-state index in [1.165, 1.54) is 6.92 Å². The molecular weight excluding hydrogens is 836 g/mol. The Morgan fingerprint density at radius 1 is 0.426 bits per heavy atom. The van der Waals surface area contributed by atoms with E-state index in [-0.39, 0.29) is 0 Å². The fourth-order valence-electron chi connectivity index (χ4n) is 7.76. The van der Waals surface area contributed by atoms with E-state index in [1.807, 2.05) is 0 Å². The molecule has 354 valence electrons. The van der Waals surface area contributed by atoms with Gasteiger partial charge in [0.2, 0.25) is 11.8 Å². The van der Waals surface area contributed by atoms with Gasteiger partial charge in [-0.05, 0) is 6.92 Å². The molecule has 25 atom stereocenters. The third-order valence-corrected chi connectivity index (χ3v) is 11.1. The molecule has 5 heterocycles. The van der Waals surface area contributed by atoms with Crippen LogP contribution < -0.4 is 10.6 Å². The molecule has 0 spiro atoms. The van der Waals surface area contributed by atoms with E-state index in [2.05, 4.69) is 10.6 Å². The number of amides is 2. The smallest absolute Gasteiger partial charge is 0.217 e. The second-order valence-corrected chi connectivity index (χ2v) is 15.4. The zero-order chi connectivity index (χ0) is 45.2. The van der Waals surface area contributed by atoms with Crippen molar-refractivity contribution in [2.75, 3.05) is 26.4 Å². The minimum absolute atomic E-state index is 0.708. The Morgan fingerprint density at radius 2 is 0.852 bits per heavy atom. The maximum atomic E-state index is 12.5. The van der Waals surface area contributed by atoms with Gasteiger partial charge in [-0.15, -0.1) is 0 Å². The topological polar surface area (TPSA) is 424 Å². The van der Waals surface area contributed by atoms with E-state index in [1.54, 1.807) is 0 Å². The first kappa shape index (κ1) is 50.0. The van der Waals surface area contributed by atoms with Gasteiger partial charge in [-0.25, -0.2) is 0 Å². The molecule has 27 nitrogen and oxygen atoms in total. The molecule has 5 fully saturated rings. The summed E-state index contributed by atoms with van der Waals surface area (Å²) >= 11 is 0. The molecule has 5 aliphatic rings. The SMILES string of the molecule is CC(=O)N[C@H]1[C@H](O[C@H]2[C@@H](O)[C@@H](CO)OC(O)[C@@H]2NC(C)=O)O[C@H](CO)[C@@H](O[C@@H]2O[C@H](CO)[C@H](O[C@H]3O[C@H](CO)[C@H](O)[C@H](O)[C@H]3O)[C@H](O)[C@H]2O[C@@H]2O[C@@H](C)[C@@H](O)[C@@H](O)[C@@H]2O)[C@@H]1O. The van der Waals surface area contributed by atoms with Gasteiger partial charge in [0.25, 0.3) is 0 Å². The van der Waals surface area contributed by atoms with Crippen LogP contribution >= 0.6 is 0 Å². The molecule has 0 aliphatic carbocycles. The van der Waals surface area contributed by atoms with Crippen molar-refractivity contribution in [3.63, 3.8) is 0 Å². The molecule has 16 N–H and O–H groups in total. The minimum atomic E-state index is -2.11. The number of aliphatic hydroxyl groups excluding tert-OH is 14. The average molecular weight is 895 g/mol. The van der Waals surface area contributed by atoms with Gasteiger partial charge in [0.15, 0.2) is 31.5 Å². The second kappa shape index (κ2) is 21.3. The summed E-state index contributed by atoms with van der Waals surface area (Å²) in [7, 11) is 0. The van der Waals surface area contributed by atoms with Crippen LogP contribution in [0.15, 0.2) is 0 Å². The van der Waals surface area contributed by atoms with Gasteiger partial charge in [0.05, 0.1) is 32.5 Å². The van der Waals surface area contributed by atoms with Crippen LogP contribution in [0.25, 0.3) is 0 Å². The van der Waals surface area contributed by atoms with Gasteiger partial charge >= 0.3 is 0 Å². The molecule has 5 saturated heterocycles. The third kappa shape index (κ3) is 10.8. The van der Waals surface area contributed by atoms with Crippen molar-refractivity contribution in [3.05, 3.63) is 0 Å². The molecule has 0 radical (unpaired) electrons. The number of nitrogens with one attached hydrogen (secondary N) is 2. The zero-order valence-corrected chi connectivity index (χ0v) is 33.0. The molecule has 0 aromatic carbocycles. The van der Waals surface area contributed by atoms with Gasteiger partial charge in [0, 0.05) is 13.8 Å². The Morgan fingerprint density at radius 3 is 1.41 bits per heavy atom. The van der Waals surface area contributed by atoms with Crippen LogP contribution in [0.3, 0.4) is 0 Å². The molecule has 1 unspecified atom stereocenters. The second-order valence-electron chi connectivity index (χ2n) is 15.4. The Hall–Kier alpha value is -1.98. The van der Waals surface area contributed by atoms with Crippen LogP contribution in [0.4, 0.5) is 0 Å². The molecule has 0 aromatic heterocycles. The third-order valence-electron chi connectivity index (χ3n) is 11.1. The van der Waals surface area contributed by atoms with E-state index in [0.29, 0.717) is 0 Å². The molecule has 5 rings (SSSR count). The fraction of sp³-hybridized carbons (Fsp3) is 0.941. The molecule has 0 saturated carbocycles. The summed E-state index contributed by atoms with van der Waals surface area (Å²) in [5, 5.41) is 153. The number of rotatable bonds is 14. The molecule has 0 bridgehead atoms. The van der Waals surface area contributed by atoms with Crippen LogP contribution in [-0.2, 0) is 52.2 Å². The van der Waals surface area contributed by atoms with E-state index in [0.717, 1.165) is 13.8 Å². The first-order valence-electron chi connectivity index (χ1n) is 19.5. The highest BCUT2D eigenvalue weighted by molar-refractivity contribution is 5.73. The van der Waals surface area contributed by atoms with Gasteiger partial charge in [0.1, 0.15) is 116 Å². The van der Waals surface area contributed by atoms with Crippen molar-refractivity contribution in [1.82, 2.24) is 10.6 Å². The summed E-state index contributed by atoms with van der Waals surface area (Å²) in [5.41, 5.74) is 0. The van der Waals surface area contributed by atoms with Crippen LogP contribution in [0, 0.1) is 0 Å². The molecule has 61 heavy (non-hydrogen) atoms. The van der Waals surface area contributed by atoms with Gasteiger partial charge in [-0.2, -0.15) is 0 Å². The lowest BCUT2D eigenvalue weighted by Gasteiger charge is -2.51. The Bertz CT molecular complexity index is 1420. The quantitative estimate of drug-likeness (QED) is 0.0770. The summed E-state index contributed by atoms with van der Waals surface area (Å²) in [5.74, 6) is -1.50. The number of carbonyl (C=O) groups excluding carboxylic acids is 2. The number of aliphatic hydroxyl groups is 14. The van der Waals surface area contributed by atoms with Crippen molar-refractivity contribution in [2.45, 2.75) is 174 Å². The predicted octanol–water partition coefficient (Wildman–Crippen LogP) is -10.6. The Kier molecular flexibility index (Phi) is 17.5.